The molecule has 0 aliphatic rings. The van der Waals surface area contributed by atoms with Crippen LogP contribution in [0.2, 0.25) is 0 Å². The highest BCUT2D eigenvalue weighted by atomic mass is 14.8. The molecular formula is C11H11N3. The summed E-state index contributed by atoms with van der Waals surface area (Å²) >= 11 is 0. The van der Waals surface area contributed by atoms with Gasteiger partial charge in [0.05, 0.1) is 5.69 Å². The number of aromatic nitrogens is 3. The van der Waals surface area contributed by atoms with Crippen molar-refractivity contribution in [2.75, 3.05) is 0 Å². The Hall–Kier alpha value is -1.77. The average molecular weight is 185 g/mol. The van der Waals surface area contributed by atoms with E-state index in [1.807, 2.05) is 19.1 Å². The van der Waals surface area contributed by atoms with Crippen molar-refractivity contribution in [1.82, 2.24) is 15.0 Å². The van der Waals surface area contributed by atoms with Crippen LogP contribution in [0, 0.1) is 13.8 Å². The topological polar surface area (TPSA) is 38.7 Å². The Morgan fingerprint density at radius 2 is 1.71 bits per heavy atom. The van der Waals surface area contributed by atoms with Gasteiger partial charge in [-0.15, -0.1) is 0 Å². The van der Waals surface area contributed by atoms with Crippen LogP contribution >= 0.6 is 0 Å². The molecule has 2 aromatic heterocycles. The van der Waals surface area contributed by atoms with Gasteiger partial charge in [-0.25, -0.2) is 9.97 Å². The van der Waals surface area contributed by atoms with Gasteiger partial charge >= 0.3 is 0 Å². The van der Waals surface area contributed by atoms with Crippen molar-refractivity contribution < 1.29 is 0 Å². The molecule has 0 radical (unpaired) electrons. The summed E-state index contributed by atoms with van der Waals surface area (Å²) in [6.45, 7) is 4.04. The molecule has 0 aliphatic heterocycles. The SMILES string of the molecule is Cc1cc(C)nc(-c2cncnc2)c1. The second-order valence-corrected chi connectivity index (χ2v) is 3.30. The Bertz CT molecular complexity index is 417. The molecular weight excluding hydrogens is 174 g/mol. The predicted molar refractivity (Wildman–Crippen MR) is 54.7 cm³/mol. The third-order valence-corrected chi connectivity index (χ3v) is 1.95. The minimum absolute atomic E-state index is 0.933. The minimum atomic E-state index is 0.933. The Kier molecular flexibility index (Phi) is 2.23. The van der Waals surface area contributed by atoms with Crippen molar-refractivity contribution in [2.45, 2.75) is 13.8 Å². The van der Waals surface area contributed by atoms with Gasteiger partial charge in [-0.05, 0) is 31.5 Å². The summed E-state index contributed by atoms with van der Waals surface area (Å²) in [7, 11) is 0. The monoisotopic (exact) mass is 185 g/mol. The Morgan fingerprint density at radius 3 is 2.36 bits per heavy atom. The van der Waals surface area contributed by atoms with Crippen LogP contribution < -0.4 is 0 Å². The van der Waals surface area contributed by atoms with Crippen LogP contribution in [0.3, 0.4) is 0 Å². The minimum Gasteiger partial charge on any atom is -0.253 e. The van der Waals surface area contributed by atoms with E-state index in [-0.39, 0.29) is 0 Å². The van der Waals surface area contributed by atoms with E-state index < -0.39 is 0 Å². The molecule has 0 amide bonds. The first-order valence-electron chi connectivity index (χ1n) is 4.46. The lowest BCUT2D eigenvalue weighted by Crippen LogP contribution is -1.90. The summed E-state index contributed by atoms with van der Waals surface area (Å²) in [5, 5.41) is 0. The molecule has 0 saturated carbocycles. The summed E-state index contributed by atoms with van der Waals surface area (Å²) < 4.78 is 0. The molecule has 0 atom stereocenters. The van der Waals surface area contributed by atoms with Crippen LogP contribution in [0.4, 0.5) is 0 Å². The highest BCUT2D eigenvalue weighted by molar-refractivity contribution is 5.57. The molecule has 0 aliphatic carbocycles. The first kappa shape index (κ1) is 8.81. The molecule has 14 heavy (non-hydrogen) atoms. The Labute approximate surface area is 82.9 Å². The van der Waals surface area contributed by atoms with Gasteiger partial charge in [-0.1, -0.05) is 0 Å². The van der Waals surface area contributed by atoms with E-state index in [0.29, 0.717) is 0 Å². The quantitative estimate of drug-likeness (QED) is 0.683. The molecule has 2 rings (SSSR count). The van der Waals surface area contributed by atoms with Crippen LogP contribution in [0.15, 0.2) is 30.9 Å². The molecule has 0 saturated heterocycles. The lowest BCUT2D eigenvalue weighted by molar-refractivity contribution is 1.13. The Morgan fingerprint density at radius 1 is 1.00 bits per heavy atom. The molecule has 70 valence electrons. The van der Waals surface area contributed by atoms with Crippen molar-refractivity contribution in [1.29, 1.82) is 0 Å². The van der Waals surface area contributed by atoms with Gasteiger partial charge in [-0.2, -0.15) is 0 Å². The summed E-state index contributed by atoms with van der Waals surface area (Å²) in [5.74, 6) is 0. The highest BCUT2D eigenvalue weighted by Crippen LogP contribution is 2.16. The largest absolute Gasteiger partial charge is 0.253 e. The molecule has 2 aromatic rings. The van der Waals surface area contributed by atoms with Gasteiger partial charge in [-0.3, -0.25) is 4.98 Å². The third kappa shape index (κ3) is 1.76. The summed E-state index contributed by atoms with van der Waals surface area (Å²) in [5.41, 5.74) is 4.11. The molecule has 3 nitrogen and oxygen atoms in total. The van der Waals surface area contributed by atoms with Crippen molar-refractivity contribution >= 4 is 0 Å². The smallest absolute Gasteiger partial charge is 0.115 e. The van der Waals surface area contributed by atoms with E-state index in [1.165, 1.54) is 11.9 Å². The molecule has 0 N–H and O–H groups in total. The van der Waals surface area contributed by atoms with E-state index in [4.69, 9.17) is 0 Å². The van der Waals surface area contributed by atoms with Crippen LogP contribution in [-0.2, 0) is 0 Å². The maximum absolute atomic E-state index is 4.42. The summed E-state index contributed by atoms with van der Waals surface area (Å²) in [6.07, 6.45) is 5.06. The fraction of sp³-hybridized carbons (Fsp3) is 0.182. The van der Waals surface area contributed by atoms with Crippen molar-refractivity contribution in [3.8, 4) is 11.3 Å². The second kappa shape index (κ2) is 3.54. The third-order valence-electron chi connectivity index (χ3n) is 1.95. The van der Waals surface area contributed by atoms with Gasteiger partial charge in [0.2, 0.25) is 0 Å². The molecule has 2 heterocycles. The van der Waals surface area contributed by atoms with Crippen LogP contribution in [0.25, 0.3) is 11.3 Å². The number of pyridine rings is 1. The first-order valence-corrected chi connectivity index (χ1v) is 4.46. The van der Waals surface area contributed by atoms with E-state index in [1.54, 1.807) is 12.4 Å². The standard InChI is InChI=1S/C11H11N3/c1-8-3-9(2)14-11(4-8)10-5-12-7-13-6-10/h3-7H,1-2H3. The normalized spacial score (nSPS) is 10.1. The van der Waals surface area contributed by atoms with Crippen molar-refractivity contribution in [3.63, 3.8) is 0 Å². The van der Waals surface area contributed by atoms with Gasteiger partial charge in [0, 0.05) is 23.7 Å². The summed E-state index contributed by atoms with van der Waals surface area (Å²) in [4.78, 5) is 12.4. The number of hydrogen-bond acceptors (Lipinski definition) is 3. The summed E-state index contributed by atoms with van der Waals surface area (Å²) in [6, 6.07) is 4.08. The zero-order valence-corrected chi connectivity index (χ0v) is 8.23. The average Bonchev–Trinajstić information content (AvgIpc) is 2.18. The molecule has 3 heteroatoms. The van der Waals surface area contributed by atoms with Crippen LogP contribution in [-0.4, -0.2) is 15.0 Å². The molecule has 0 spiro atoms. The van der Waals surface area contributed by atoms with Crippen molar-refractivity contribution in [2.24, 2.45) is 0 Å². The molecule has 0 bridgehead atoms. The fourth-order valence-electron chi connectivity index (χ4n) is 1.42. The second-order valence-electron chi connectivity index (χ2n) is 3.30. The lowest BCUT2D eigenvalue weighted by Gasteiger charge is -2.02. The van der Waals surface area contributed by atoms with Crippen LogP contribution in [0.1, 0.15) is 11.3 Å². The predicted octanol–water partition coefficient (Wildman–Crippen LogP) is 2.16. The zero-order chi connectivity index (χ0) is 9.97. The van der Waals surface area contributed by atoms with E-state index in [0.717, 1.165) is 17.0 Å². The van der Waals surface area contributed by atoms with Crippen molar-refractivity contribution in [3.05, 3.63) is 42.1 Å². The molecule has 0 unspecified atom stereocenters. The molecule has 0 fully saturated rings. The fourth-order valence-corrected chi connectivity index (χ4v) is 1.42. The Balaban J connectivity index is 2.52. The van der Waals surface area contributed by atoms with Gasteiger partial charge in [0.1, 0.15) is 6.33 Å². The van der Waals surface area contributed by atoms with E-state index in [2.05, 4.69) is 21.9 Å². The number of nitrogens with zero attached hydrogens (tertiary/aromatic N) is 3. The first-order chi connectivity index (χ1) is 6.75. The van der Waals surface area contributed by atoms with E-state index in [9.17, 15) is 0 Å². The number of aryl methyl sites for hydroxylation is 2. The van der Waals surface area contributed by atoms with Gasteiger partial charge < -0.3 is 0 Å². The zero-order valence-electron chi connectivity index (χ0n) is 8.23. The van der Waals surface area contributed by atoms with Gasteiger partial charge in [0.15, 0.2) is 0 Å². The number of hydrogen-bond donors (Lipinski definition) is 0. The highest BCUT2D eigenvalue weighted by Gasteiger charge is 2.00. The van der Waals surface area contributed by atoms with Gasteiger partial charge in [0.25, 0.3) is 0 Å². The van der Waals surface area contributed by atoms with E-state index >= 15 is 0 Å². The number of rotatable bonds is 1. The maximum Gasteiger partial charge on any atom is 0.115 e. The van der Waals surface area contributed by atoms with Crippen LogP contribution in [0.5, 0.6) is 0 Å². The lowest BCUT2D eigenvalue weighted by atomic mass is 10.1. The molecule has 0 aromatic carbocycles. The maximum atomic E-state index is 4.42.